The molecule has 1 aromatic rings. The van der Waals surface area contributed by atoms with Gasteiger partial charge in [0.2, 0.25) is 0 Å². The molecule has 4 nitrogen and oxygen atoms in total. The van der Waals surface area contributed by atoms with E-state index in [0.29, 0.717) is 18.7 Å². The van der Waals surface area contributed by atoms with Crippen molar-refractivity contribution in [2.45, 2.75) is 39.0 Å². The molecule has 1 amide bonds. The number of nitrogens with one attached hydrogen (secondary N) is 1. The first-order valence-corrected chi connectivity index (χ1v) is 7.49. The molecule has 112 valence electrons. The van der Waals surface area contributed by atoms with E-state index in [1.54, 1.807) is 6.07 Å². The van der Waals surface area contributed by atoms with Gasteiger partial charge in [-0.15, -0.1) is 0 Å². The van der Waals surface area contributed by atoms with E-state index < -0.39 is 0 Å². The first-order chi connectivity index (χ1) is 9.77. The molecule has 0 aliphatic rings. The second kappa shape index (κ2) is 10.3. The predicted octanol–water partition coefficient (Wildman–Crippen LogP) is 2.72. The van der Waals surface area contributed by atoms with Crippen molar-refractivity contribution in [2.24, 2.45) is 5.73 Å². The highest BCUT2D eigenvalue weighted by atomic mass is 16.5. The summed E-state index contributed by atoms with van der Waals surface area (Å²) in [6, 6.07) is 7.32. The van der Waals surface area contributed by atoms with E-state index in [0.717, 1.165) is 44.4 Å². The van der Waals surface area contributed by atoms with E-state index in [2.05, 4.69) is 12.2 Å². The highest BCUT2D eigenvalue weighted by molar-refractivity contribution is 5.94. The number of carbonyl (C=O) groups excluding carboxylic acids is 1. The molecule has 0 radical (unpaired) electrons. The molecule has 3 N–H and O–H groups in total. The van der Waals surface area contributed by atoms with Crippen LogP contribution in [-0.4, -0.2) is 25.6 Å². The van der Waals surface area contributed by atoms with Crippen LogP contribution in [0.25, 0.3) is 0 Å². The van der Waals surface area contributed by atoms with E-state index in [9.17, 15) is 4.79 Å². The van der Waals surface area contributed by atoms with Gasteiger partial charge in [0.25, 0.3) is 5.91 Å². The van der Waals surface area contributed by atoms with Gasteiger partial charge in [-0.2, -0.15) is 0 Å². The molecule has 1 aromatic carbocycles. The monoisotopic (exact) mass is 278 g/mol. The van der Waals surface area contributed by atoms with Gasteiger partial charge in [-0.1, -0.05) is 25.8 Å². The minimum atomic E-state index is -0.0363. The number of ether oxygens (including phenoxy) is 1. The summed E-state index contributed by atoms with van der Waals surface area (Å²) in [6.45, 7) is 4.19. The van der Waals surface area contributed by atoms with Crippen LogP contribution in [0.3, 0.4) is 0 Å². The molecular formula is C16H26N2O2. The number of benzene rings is 1. The SMILES string of the molecule is CCCOc1cccc(C(=O)NCCCCCCN)c1. The molecule has 0 fully saturated rings. The zero-order chi connectivity index (χ0) is 14.6. The molecular weight excluding hydrogens is 252 g/mol. The van der Waals surface area contributed by atoms with Crippen LogP contribution in [0.2, 0.25) is 0 Å². The highest BCUT2D eigenvalue weighted by Crippen LogP contribution is 2.13. The number of carbonyl (C=O) groups is 1. The molecule has 0 bridgehead atoms. The molecule has 0 aromatic heterocycles. The Bertz CT molecular complexity index is 394. The van der Waals surface area contributed by atoms with Crippen LogP contribution in [0.4, 0.5) is 0 Å². The number of rotatable bonds is 10. The third kappa shape index (κ3) is 6.57. The van der Waals surface area contributed by atoms with Crippen molar-refractivity contribution in [2.75, 3.05) is 19.7 Å². The van der Waals surface area contributed by atoms with Crippen LogP contribution in [0.1, 0.15) is 49.4 Å². The van der Waals surface area contributed by atoms with Crippen molar-refractivity contribution in [3.05, 3.63) is 29.8 Å². The fraction of sp³-hybridized carbons (Fsp3) is 0.562. The summed E-state index contributed by atoms with van der Waals surface area (Å²) in [7, 11) is 0. The fourth-order valence-corrected chi connectivity index (χ4v) is 1.87. The zero-order valence-electron chi connectivity index (χ0n) is 12.4. The van der Waals surface area contributed by atoms with Crippen LogP contribution in [0.5, 0.6) is 5.75 Å². The summed E-state index contributed by atoms with van der Waals surface area (Å²) in [4.78, 5) is 12.0. The minimum Gasteiger partial charge on any atom is -0.494 e. The Kier molecular flexibility index (Phi) is 8.47. The van der Waals surface area contributed by atoms with Gasteiger partial charge < -0.3 is 15.8 Å². The van der Waals surface area contributed by atoms with Crippen molar-refractivity contribution in [1.82, 2.24) is 5.32 Å². The topological polar surface area (TPSA) is 64.3 Å². The van der Waals surface area contributed by atoms with Gasteiger partial charge in [0.1, 0.15) is 5.75 Å². The van der Waals surface area contributed by atoms with Crippen molar-refractivity contribution in [3.63, 3.8) is 0 Å². The maximum absolute atomic E-state index is 12.0. The van der Waals surface area contributed by atoms with Gasteiger partial charge >= 0.3 is 0 Å². The summed E-state index contributed by atoms with van der Waals surface area (Å²) in [5, 5.41) is 2.93. The van der Waals surface area contributed by atoms with Gasteiger partial charge in [0, 0.05) is 12.1 Å². The maximum atomic E-state index is 12.0. The third-order valence-corrected chi connectivity index (χ3v) is 2.99. The van der Waals surface area contributed by atoms with Crippen molar-refractivity contribution in [1.29, 1.82) is 0 Å². The smallest absolute Gasteiger partial charge is 0.251 e. The molecule has 0 atom stereocenters. The van der Waals surface area contributed by atoms with Crippen molar-refractivity contribution in [3.8, 4) is 5.75 Å². The van der Waals surface area contributed by atoms with Gasteiger partial charge in [-0.3, -0.25) is 4.79 Å². The van der Waals surface area contributed by atoms with E-state index in [-0.39, 0.29) is 5.91 Å². The lowest BCUT2D eigenvalue weighted by Gasteiger charge is -2.08. The first-order valence-electron chi connectivity index (χ1n) is 7.49. The number of nitrogens with two attached hydrogens (primary N) is 1. The average Bonchev–Trinajstić information content (AvgIpc) is 2.48. The molecule has 0 heterocycles. The van der Waals surface area contributed by atoms with Gasteiger partial charge in [0.05, 0.1) is 6.61 Å². The summed E-state index contributed by atoms with van der Waals surface area (Å²) in [5.41, 5.74) is 6.09. The number of unbranched alkanes of at least 4 members (excludes halogenated alkanes) is 3. The molecule has 0 spiro atoms. The van der Waals surface area contributed by atoms with Crippen LogP contribution < -0.4 is 15.8 Å². The minimum absolute atomic E-state index is 0.0363. The summed E-state index contributed by atoms with van der Waals surface area (Å²) in [5.74, 6) is 0.716. The van der Waals surface area contributed by atoms with Gasteiger partial charge in [-0.25, -0.2) is 0 Å². The standard InChI is InChI=1S/C16H26N2O2/c1-2-12-20-15-9-7-8-14(13-15)16(19)18-11-6-4-3-5-10-17/h7-9,13H,2-6,10-12,17H2,1H3,(H,18,19). The zero-order valence-corrected chi connectivity index (χ0v) is 12.4. The Hall–Kier alpha value is -1.55. The first kappa shape index (κ1) is 16.5. The Balaban J connectivity index is 2.31. The Morgan fingerprint density at radius 3 is 2.80 bits per heavy atom. The fourth-order valence-electron chi connectivity index (χ4n) is 1.87. The van der Waals surface area contributed by atoms with E-state index >= 15 is 0 Å². The van der Waals surface area contributed by atoms with Crippen LogP contribution in [-0.2, 0) is 0 Å². The van der Waals surface area contributed by atoms with E-state index in [1.807, 2.05) is 18.2 Å². The Morgan fingerprint density at radius 2 is 2.05 bits per heavy atom. The lowest BCUT2D eigenvalue weighted by molar-refractivity contribution is 0.0952. The Morgan fingerprint density at radius 1 is 1.25 bits per heavy atom. The second-order valence-corrected chi connectivity index (χ2v) is 4.84. The molecule has 0 unspecified atom stereocenters. The molecule has 0 aliphatic carbocycles. The van der Waals surface area contributed by atoms with Crippen LogP contribution >= 0.6 is 0 Å². The van der Waals surface area contributed by atoms with Crippen molar-refractivity contribution >= 4 is 5.91 Å². The molecule has 4 heteroatoms. The summed E-state index contributed by atoms with van der Waals surface area (Å²) in [6.07, 6.45) is 5.26. The molecule has 0 saturated carbocycles. The summed E-state index contributed by atoms with van der Waals surface area (Å²) >= 11 is 0. The average molecular weight is 278 g/mol. The van der Waals surface area contributed by atoms with Gasteiger partial charge in [0.15, 0.2) is 0 Å². The maximum Gasteiger partial charge on any atom is 0.251 e. The number of hydrogen-bond acceptors (Lipinski definition) is 3. The van der Waals surface area contributed by atoms with Gasteiger partial charge in [-0.05, 0) is 44.0 Å². The lowest BCUT2D eigenvalue weighted by Crippen LogP contribution is -2.24. The number of hydrogen-bond donors (Lipinski definition) is 2. The molecule has 0 saturated heterocycles. The predicted molar refractivity (Wildman–Crippen MR) is 82.1 cm³/mol. The van der Waals surface area contributed by atoms with Crippen LogP contribution in [0, 0.1) is 0 Å². The van der Waals surface area contributed by atoms with E-state index in [4.69, 9.17) is 10.5 Å². The lowest BCUT2D eigenvalue weighted by atomic mass is 10.1. The normalized spacial score (nSPS) is 10.3. The molecule has 1 rings (SSSR count). The summed E-state index contributed by atoms with van der Waals surface area (Å²) < 4.78 is 5.52. The van der Waals surface area contributed by atoms with E-state index in [1.165, 1.54) is 0 Å². The van der Waals surface area contributed by atoms with Crippen LogP contribution in [0.15, 0.2) is 24.3 Å². The Labute approximate surface area is 121 Å². The largest absolute Gasteiger partial charge is 0.494 e. The highest BCUT2D eigenvalue weighted by Gasteiger charge is 2.05. The molecule has 20 heavy (non-hydrogen) atoms. The number of amides is 1. The van der Waals surface area contributed by atoms with Crippen molar-refractivity contribution < 1.29 is 9.53 Å². The molecule has 0 aliphatic heterocycles. The third-order valence-electron chi connectivity index (χ3n) is 2.99. The quantitative estimate of drug-likeness (QED) is 0.647. The second-order valence-electron chi connectivity index (χ2n) is 4.84.